The van der Waals surface area contributed by atoms with E-state index < -0.39 is 11.4 Å². The van der Waals surface area contributed by atoms with Crippen molar-refractivity contribution in [3.05, 3.63) is 0 Å². The monoisotopic (exact) mass is 676 g/mol. The molecule has 0 aromatic heterocycles. The van der Waals surface area contributed by atoms with Gasteiger partial charge >= 0.3 is 243 Å². The van der Waals surface area contributed by atoms with Crippen molar-refractivity contribution in [2.45, 2.75) is 191 Å². The van der Waals surface area contributed by atoms with E-state index in [2.05, 4.69) is 27.7 Å². The Morgan fingerprint density at radius 3 is 0.854 bits per heavy atom. The second-order valence-electron chi connectivity index (χ2n) is 22.4. The van der Waals surface area contributed by atoms with Crippen LogP contribution in [0.1, 0.15) is 156 Å². The second kappa shape index (κ2) is 5.45. The van der Waals surface area contributed by atoms with Crippen LogP contribution >= 0.6 is 15.8 Å². The van der Waals surface area contributed by atoms with Gasteiger partial charge in [-0.15, -0.1) is 0 Å². The average molecular weight is 678 g/mol. The van der Waals surface area contributed by atoms with Crippen molar-refractivity contribution in [1.82, 2.24) is 0 Å². The van der Waals surface area contributed by atoms with E-state index in [-0.39, 0.29) is 0 Å². The summed E-state index contributed by atoms with van der Waals surface area (Å²) in [6.07, 6.45) is 38.0. The summed E-state index contributed by atoms with van der Waals surface area (Å²) in [5.41, 5.74) is 0. The van der Waals surface area contributed by atoms with Crippen molar-refractivity contribution in [3.63, 3.8) is 0 Å². The van der Waals surface area contributed by atoms with Gasteiger partial charge in [0.1, 0.15) is 0 Å². The molecule has 0 amide bonds. The molecule has 0 aromatic rings. The SMILES string of the molecule is CCCCCCCP(CCCCCCC)[C]12[CH]3[CH]4[CH]5[C]1(P(CCCCCCC)CCCCCCC)[Zr]43521678[CH]2[CH]1[CH]6[CH]7[CH]28. The normalized spacial score (nSPS) is 58.6. The van der Waals surface area contributed by atoms with Crippen LogP contribution in [0.3, 0.4) is 0 Å². The van der Waals surface area contributed by atoms with Crippen LogP contribution in [-0.4, -0.2) is 30.4 Å². The molecule has 0 N–H and O–H groups in total. The van der Waals surface area contributed by atoms with Gasteiger partial charge in [-0.3, -0.25) is 0 Å². The molecule has 0 aliphatic carbocycles. The number of hydrogen-bond acceptors (Lipinski definition) is 0. The van der Waals surface area contributed by atoms with Crippen LogP contribution in [-0.2, 0) is 11.4 Å². The first-order valence-corrected chi connectivity index (χ1v) is 37.7. The van der Waals surface area contributed by atoms with Gasteiger partial charge in [-0.2, -0.15) is 0 Å². The van der Waals surface area contributed by atoms with Gasteiger partial charge in [0, 0.05) is 0 Å². The van der Waals surface area contributed by atoms with Crippen LogP contribution in [0.2, 0.25) is 29.0 Å². The quantitative estimate of drug-likeness (QED) is 0.0631. The summed E-state index contributed by atoms with van der Waals surface area (Å²) in [5.74, 6) is 0. The summed E-state index contributed by atoms with van der Waals surface area (Å²) in [6, 6.07) is 0. The van der Waals surface area contributed by atoms with E-state index in [4.69, 9.17) is 0 Å². The van der Waals surface area contributed by atoms with E-state index in [1.165, 1.54) is 57.1 Å². The maximum absolute atomic E-state index is 3.95. The van der Waals surface area contributed by atoms with E-state index in [9.17, 15) is 0 Å². The fourth-order valence-corrected chi connectivity index (χ4v) is 321. The van der Waals surface area contributed by atoms with Crippen LogP contribution in [0.5, 0.6) is 0 Å². The molecule has 4 unspecified atom stereocenters. The fraction of sp³-hybridized carbons (Fsp3) is 1.00. The van der Waals surface area contributed by atoms with Crippen molar-refractivity contribution >= 4 is 15.8 Å². The fourth-order valence-electron chi connectivity index (χ4n) is 30.7. The molecule has 0 radical (unpaired) electrons. The molecule has 3 heteroatoms. The third kappa shape index (κ3) is 0.913. The molecule has 0 nitrogen and oxygen atoms in total. The van der Waals surface area contributed by atoms with Gasteiger partial charge in [-0.05, 0) is 0 Å². The summed E-state index contributed by atoms with van der Waals surface area (Å²) >= 11 is -3.95. The Bertz CT molecular complexity index is 1250. The van der Waals surface area contributed by atoms with Gasteiger partial charge in [-0.25, -0.2) is 0 Å². The molecule has 10 saturated heterocycles. The average Bonchev–Trinajstić information content (AvgIpc) is 3.93. The molecule has 41 heavy (non-hydrogen) atoms. The topological polar surface area (TPSA) is 0 Å². The molecule has 0 saturated carbocycles. The van der Waals surface area contributed by atoms with Crippen LogP contribution in [0.15, 0.2) is 0 Å². The van der Waals surface area contributed by atoms with Crippen molar-refractivity contribution in [2.24, 2.45) is 0 Å². The molecule has 10 aliphatic rings. The third-order valence-electron chi connectivity index (χ3n) is 27.4. The number of fused-ring (bicyclic) bond motifs is 10. The van der Waals surface area contributed by atoms with E-state index in [1.807, 2.05) is 0 Å². The van der Waals surface area contributed by atoms with Crippen molar-refractivity contribution in [3.8, 4) is 0 Å². The molecule has 10 heterocycles. The minimum absolute atomic E-state index is 0.382. The van der Waals surface area contributed by atoms with Crippen molar-refractivity contribution < 1.29 is 11.4 Å². The van der Waals surface area contributed by atoms with Crippen LogP contribution < -0.4 is 0 Å². The molecule has 10 fully saturated rings. The van der Waals surface area contributed by atoms with Gasteiger partial charge in [0.15, 0.2) is 0 Å². The van der Waals surface area contributed by atoms with Gasteiger partial charge < -0.3 is 0 Å². The molecule has 0 aromatic carbocycles. The van der Waals surface area contributed by atoms with Gasteiger partial charge in [0.2, 0.25) is 0 Å². The first-order valence-electron chi connectivity index (χ1n) is 20.5. The Labute approximate surface area is 241 Å². The third-order valence-corrected chi connectivity index (χ3v) is 148. The van der Waals surface area contributed by atoms with E-state index in [0.717, 1.165) is 0 Å². The minimum atomic E-state index is -3.95. The molecule has 10 rings (SSSR count). The molecule has 1 spiro atoms. The summed E-state index contributed by atoms with van der Waals surface area (Å²) < 4.78 is 15.0. The van der Waals surface area contributed by atoms with Gasteiger partial charge in [-0.1, -0.05) is 0 Å². The number of unbranched alkanes of at least 4 members (excludes halogenated alkanes) is 16. The Kier molecular flexibility index (Phi) is 3.70. The van der Waals surface area contributed by atoms with Crippen molar-refractivity contribution in [1.29, 1.82) is 0 Å². The predicted molar refractivity (Wildman–Crippen MR) is 184 cm³/mol. The Morgan fingerprint density at radius 2 is 0.634 bits per heavy atom. The van der Waals surface area contributed by atoms with Crippen LogP contribution in [0, 0.1) is 0 Å². The standard InChI is InChI=1S/C33H63P2.C5H5.Zr/c1-5-9-13-17-21-28-34(29-22-18-14-10-6-2)32-26-25-27-33(32)35(30-23-19-15-11-7-3)31-24-20-16-12-8-4;1-2-4-5-3-1;/h25-27H,5-24,28-31H2,1-4H3;1-5H;. The van der Waals surface area contributed by atoms with Crippen LogP contribution in [0.25, 0.3) is 0 Å². The summed E-state index contributed by atoms with van der Waals surface area (Å²) in [4.78, 5) is 0. The zero-order chi connectivity index (χ0) is 28.1. The van der Waals surface area contributed by atoms with Crippen LogP contribution in [0.4, 0.5) is 0 Å². The first-order chi connectivity index (χ1) is 20.0. The summed E-state index contributed by atoms with van der Waals surface area (Å²) in [5, 5.41) is 0. The molecular formula is C38H68P2Zr. The zero-order valence-corrected chi connectivity index (χ0v) is 32.2. The van der Waals surface area contributed by atoms with Gasteiger partial charge in [0.05, 0.1) is 0 Å². The molecule has 10 aliphatic heterocycles. The maximum atomic E-state index is 2.41. The number of rotatable bonds is 26. The Hall–Kier alpha value is 1.74. The molecule has 4 atom stereocenters. The van der Waals surface area contributed by atoms with E-state index in [0.29, 0.717) is 15.8 Å². The van der Waals surface area contributed by atoms with Gasteiger partial charge in [0.25, 0.3) is 0 Å². The zero-order valence-electron chi connectivity index (χ0n) is 28.0. The van der Waals surface area contributed by atoms with Crippen molar-refractivity contribution in [2.75, 3.05) is 24.6 Å². The predicted octanol–water partition coefficient (Wildman–Crippen LogP) is 14.0. The van der Waals surface area contributed by atoms with E-state index in [1.54, 1.807) is 131 Å². The molecule has 234 valence electrons. The number of hydrogen-bond donors (Lipinski definition) is 0. The Morgan fingerprint density at radius 1 is 0.366 bits per heavy atom. The Balaban J connectivity index is 0.966. The summed E-state index contributed by atoms with van der Waals surface area (Å²) in [7, 11) is 0.764. The van der Waals surface area contributed by atoms with E-state index >= 15 is 0 Å². The summed E-state index contributed by atoms with van der Waals surface area (Å²) in [6.45, 7) is 9.65. The molecular weight excluding hydrogens is 610 g/mol. The second-order valence-corrected chi connectivity index (χ2v) is 81.5. The molecule has 0 bridgehead atoms. The first kappa shape index (κ1) is 27.8.